The maximum absolute atomic E-state index is 2.54. The topological polar surface area (TPSA) is 4.93 Å². The van der Waals surface area contributed by atoms with Crippen LogP contribution >= 0.6 is 11.3 Å². The van der Waals surface area contributed by atoms with Gasteiger partial charge in [0.05, 0.1) is 11.0 Å². The molecule has 0 radical (unpaired) electrons. The Balaban J connectivity index is 1.12. The summed E-state index contributed by atoms with van der Waals surface area (Å²) in [7, 11) is 0. The van der Waals surface area contributed by atoms with Crippen molar-refractivity contribution in [1.82, 2.24) is 4.57 Å². The van der Waals surface area contributed by atoms with E-state index in [9.17, 15) is 0 Å². The molecular formula is C53H35NS. The van der Waals surface area contributed by atoms with Gasteiger partial charge in [0, 0.05) is 47.6 Å². The van der Waals surface area contributed by atoms with Gasteiger partial charge in [-0.15, -0.1) is 11.3 Å². The predicted molar refractivity (Wildman–Crippen MR) is 237 cm³/mol. The zero-order chi connectivity index (χ0) is 36.4. The summed E-state index contributed by atoms with van der Waals surface area (Å²) < 4.78 is 5.10. The fourth-order valence-electron chi connectivity index (χ4n) is 9.84. The SMILES string of the molecule is CC1(C)c2cc(-c3ccc4c(c3)c3ccccc3n4-c3ccccc3)c3ccccc3c2-c2c1cc(-c1cccc3c1sc1ccccc13)c1ccccc21. The Morgan fingerprint density at radius 1 is 0.400 bits per heavy atom. The van der Waals surface area contributed by atoms with Crippen molar-refractivity contribution in [1.29, 1.82) is 0 Å². The van der Waals surface area contributed by atoms with Crippen molar-refractivity contribution in [2.45, 2.75) is 19.3 Å². The van der Waals surface area contributed by atoms with Gasteiger partial charge in [0.2, 0.25) is 0 Å². The van der Waals surface area contributed by atoms with Crippen molar-refractivity contribution >= 4 is 74.9 Å². The molecule has 55 heavy (non-hydrogen) atoms. The molecule has 0 unspecified atom stereocenters. The third kappa shape index (κ3) is 4.23. The molecule has 1 nitrogen and oxygen atoms in total. The van der Waals surface area contributed by atoms with E-state index in [2.05, 4.69) is 194 Å². The third-order valence-corrected chi connectivity index (χ3v) is 13.6. The Labute approximate surface area is 323 Å². The van der Waals surface area contributed by atoms with E-state index in [1.54, 1.807) is 0 Å². The molecule has 0 N–H and O–H groups in total. The second-order valence-electron chi connectivity index (χ2n) is 15.6. The number of aromatic nitrogens is 1. The zero-order valence-corrected chi connectivity index (χ0v) is 31.4. The number of benzene rings is 9. The van der Waals surface area contributed by atoms with E-state index in [1.807, 2.05) is 11.3 Å². The molecule has 0 fully saturated rings. The van der Waals surface area contributed by atoms with Crippen molar-refractivity contribution in [2.24, 2.45) is 0 Å². The summed E-state index contributed by atoms with van der Waals surface area (Å²) in [6.07, 6.45) is 0. The van der Waals surface area contributed by atoms with Gasteiger partial charge in [-0.1, -0.05) is 141 Å². The van der Waals surface area contributed by atoms with E-state index in [0.29, 0.717) is 0 Å². The molecular weight excluding hydrogens is 683 g/mol. The van der Waals surface area contributed by atoms with Crippen molar-refractivity contribution in [3.63, 3.8) is 0 Å². The van der Waals surface area contributed by atoms with Crippen LogP contribution in [0.15, 0.2) is 176 Å². The van der Waals surface area contributed by atoms with E-state index in [1.165, 1.54) is 114 Å². The average molecular weight is 718 g/mol. The van der Waals surface area contributed by atoms with Gasteiger partial charge in [0.1, 0.15) is 0 Å². The van der Waals surface area contributed by atoms with Crippen LogP contribution in [-0.4, -0.2) is 4.57 Å². The molecule has 0 amide bonds. The molecule has 0 bridgehead atoms. The highest BCUT2D eigenvalue weighted by molar-refractivity contribution is 7.26. The highest BCUT2D eigenvalue weighted by Crippen LogP contribution is 2.57. The van der Waals surface area contributed by atoms with Crippen LogP contribution in [0.1, 0.15) is 25.0 Å². The van der Waals surface area contributed by atoms with Crippen LogP contribution in [0.4, 0.5) is 0 Å². The summed E-state index contributed by atoms with van der Waals surface area (Å²) in [4.78, 5) is 0. The zero-order valence-electron chi connectivity index (χ0n) is 30.6. The lowest BCUT2D eigenvalue weighted by Crippen LogP contribution is -2.15. The minimum Gasteiger partial charge on any atom is -0.309 e. The summed E-state index contributed by atoms with van der Waals surface area (Å²) in [6.45, 7) is 4.87. The number of rotatable bonds is 3. The van der Waals surface area contributed by atoms with Crippen LogP contribution in [0.5, 0.6) is 0 Å². The smallest absolute Gasteiger partial charge is 0.0541 e. The molecule has 258 valence electrons. The van der Waals surface area contributed by atoms with Crippen molar-refractivity contribution in [3.8, 4) is 39.1 Å². The number of fused-ring (bicyclic) bond motifs is 13. The van der Waals surface area contributed by atoms with Crippen molar-refractivity contribution in [3.05, 3.63) is 187 Å². The van der Waals surface area contributed by atoms with Gasteiger partial charge in [-0.25, -0.2) is 0 Å². The Morgan fingerprint density at radius 3 is 1.71 bits per heavy atom. The molecule has 0 aliphatic heterocycles. The molecule has 0 saturated carbocycles. The second-order valence-corrected chi connectivity index (χ2v) is 16.7. The van der Waals surface area contributed by atoms with Crippen molar-refractivity contribution in [2.75, 3.05) is 0 Å². The fraction of sp³-hybridized carbons (Fsp3) is 0.0566. The minimum absolute atomic E-state index is 0.219. The quantitative estimate of drug-likeness (QED) is 0.171. The fourth-order valence-corrected chi connectivity index (χ4v) is 11.1. The number of hydrogen-bond acceptors (Lipinski definition) is 1. The first-order valence-corrected chi connectivity index (χ1v) is 20.0. The highest BCUT2D eigenvalue weighted by Gasteiger charge is 2.39. The van der Waals surface area contributed by atoms with Gasteiger partial charge in [0.15, 0.2) is 0 Å². The Hall–Kier alpha value is -6.48. The Bertz CT molecular complexity index is 3400. The van der Waals surface area contributed by atoms with Gasteiger partial charge in [0.25, 0.3) is 0 Å². The van der Waals surface area contributed by atoms with Crippen LogP contribution in [0.3, 0.4) is 0 Å². The summed E-state index contributed by atoms with van der Waals surface area (Å²) >= 11 is 1.91. The molecule has 9 aromatic carbocycles. The molecule has 2 heteroatoms. The highest BCUT2D eigenvalue weighted by atomic mass is 32.1. The van der Waals surface area contributed by atoms with E-state index < -0.39 is 0 Å². The normalized spacial score (nSPS) is 13.4. The standard InChI is InChI=1S/C53H35NS/c1-53(2)45-30-42(32-27-28-48-44(29-32)36-19-10-12-25-47(36)54(48)33-15-4-3-5-16-33)34-17-6-8-21-38(34)50(45)51-39-22-9-7-18-35(39)43(31-46(51)53)41-24-14-23-40-37-20-11-13-26-49(37)55-52(40)41/h3-31H,1-2H3. The first-order chi connectivity index (χ1) is 27.1. The van der Waals surface area contributed by atoms with E-state index in [4.69, 9.17) is 0 Å². The van der Waals surface area contributed by atoms with Crippen LogP contribution in [0, 0.1) is 0 Å². The lowest BCUT2D eigenvalue weighted by molar-refractivity contribution is 0.661. The summed E-state index contributed by atoms with van der Waals surface area (Å²) in [6, 6.07) is 65.6. The number of thiophene rings is 1. The summed E-state index contributed by atoms with van der Waals surface area (Å²) in [5.41, 5.74) is 14.1. The van der Waals surface area contributed by atoms with Crippen LogP contribution in [0.25, 0.3) is 103 Å². The van der Waals surface area contributed by atoms with Crippen LogP contribution < -0.4 is 0 Å². The summed E-state index contributed by atoms with van der Waals surface area (Å²) in [5.74, 6) is 0. The molecule has 2 aromatic heterocycles. The lowest BCUT2D eigenvalue weighted by atomic mass is 9.79. The maximum atomic E-state index is 2.54. The van der Waals surface area contributed by atoms with E-state index in [-0.39, 0.29) is 5.41 Å². The minimum atomic E-state index is -0.219. The van der Waals surface area contributed by atoms with E-state index >= 15 is 0 Å². The van der Waals surface area contributed by atoms with Gasteiger partial charge >= 0.3 is 0 Å². The van der Waals surface area contributed by atoms with Gasteiger partial charge < -0.3 is 4.57 Å². The van der Waals surface area contributed by atoms with Crippen LogP contribution in [0.2, 0.25) is 0 Å². The molecule has 1 aliphatic carbocycles. The van der Waals surface area contributed by atoms with Gasteiger partial charge in [-0.2, -0.15) is 0 Å². The molecule has 0 saturated heterocycles. The Kier molecular flexibility index (Phi) is 6.34. The maximum Gasteiger partial charge on any atom is 0.0541 e. The van der Waals surface area contributed by atoms with Crippen molar-refractivity contribution < 1.29 is 0 Å². The molecule has 0 spiro atoms. The second kappa shape index (κ2) is 11.3. The van der Waals surface area contributed by atoms with E-state index in [0.717, 1.165) is 0 Å². The molecule has 12 rings (SSSR count). The number of para-hydroxylation sites is 2. The largest absolute Gasteiger partial charge is 0.309 e. The first-order valence-electron chi connectivity index (χ1n) is 19.2. The Morgan fingerprint density at radius 2 is 0.964 bits per heavy atom. The van der Waals surface area contributed by atoms with Gasteiger partial charge in [-0.3, -0.25) is 0 Å². The summed E-state index contributed by atoms with van der Waals surface area (Å²) in [5, 5.41) is 10.5. The van der Waals surface area contributed by atoms with Gasteiger partial charge in [-0.05, 0) is 109 Å². The molecule has 11 aromatic rings. The number of nitrogens with zero attached hydrogens (tertiary/aromatic N) is 1. The first kappa shape index (κ1) is 30.9. The average Bonchev–Trinajstić information content (AvgIpc) is 3.86. The molecule has 2 heterocycles. The molecule has 0 atom stereocenters. The third-order valence-electron chi connectivity index (χ3n) is 12.4. The monoisotopic (exact) mass is 717 g/mol. The van der Waals surface area contributed by atoms with Crippen LogP contribution in [-0.2, 0) is 5.41 Å². The number of hydrogen-bond donors (Lipinski definition) is 0. The predicted octanol–water partition coefficient (Wildman–Crippen LogP) is 15.1. The lowest BCUT2D eigenvalue weighted by Gasteiger charge is -2.24. The molecule has 1 aliphatic rings.